The Bertz CT molecular complexity index is 1200. The molecule has 4 aromatic rings. The number of fused-ring (bicyclic) bond motifs is 3. The number of anilines is 1. The van der Waals surface area contributed by atoms with E-state index in [1.165, 1.54) is 16.7 Å². The van der Waals surface area contributed by atoms with Gasteiger partial charge in [0.2, 0.25) is 0 Å². The fourth-order valence-electron chi connectivity index (χ4n) is 4.15. The first-order valence-electron chi connectivity index (χ1n) is 9.51. The number of benzene rings is 2. The van der Waals surface area contributed by atoms with Gasteiger partial charge in [-0.2, -0.15) is 5.10 Å². The maximum Gasteiger partial charge on any atom is 0.165 e. The molecule has 0 atom stereocenters. The fraction of sp³-hybridized carbons (Fsp3) is 0.174. The third-order valence-corrected chi connectivity index (χ3v) is 5.43. The molecule has 2 aromatic heterocycles. The van der Waals surface area contributed by atoms with Gasteiger partial charge in [0.1, 0.15) is 0 Å². The van der Waals surface area contributed by atoms with E-state index >= 15 is 0 Å². The summed E-state index contributed by atoms with van der Waals surface area (Å²) in [5.41, 5.74) is 8.52. The van der Waals surface area contributed by atoms with Crippen molar-refractivity contribution in [2.24, 2.45) is 4.99 Å². The van der Waals surface area contributed by atoms with Crippen molar-refractivity contribution in [2.75, 3.05) is 19.4 Å². The summed E-state index contributed by atoms with van der Waals surface area (Å²) in [7, 11) is 3.82. The van der Waals surface area contributed by atoms with Crippen molar-refractivity contribution < 1.29 is 0 Å². The molecule has 28 heavy (non-hydrogen) atoms. The van der Waals surface area contributed by atoms with Crippen LogP contribution in [0.1, 0.15) is 22.4 Å². The van der Waals surface area contributed by atoms with Gasteiger partial charge in [0, 0.05) is 25.2 Å². The van der Waals surface area contributed by atoms with E-state index in [1.54, 1.807) is 0 Å². The van der Waals surface area contributed by atoms with Gasteiger partial charge in [0.15, 0.2) is 5.65 Å². The van der Waals surface area contributed by atoms with Crippen molar-refractivity contribution in [3.8, 4) is 5.69 Å². The highest BCUT2D eigenvalue weighted by molar-refractivity contribution is 6.16. The number of rotatable bonds is 2. The molecule has 1 aliphatic carbocycles. The number of hydrogen-bond donors (Lipinski definition) is 1. The molecule has 0 radical (unpaired) electrons. The number of pyridine rings is 1. The Labute approximate surface area is 163 Å². The SMILES string of the molecule is CN=C1c2ccccc2CCc2c1nc1c(cnn1-c1ccccc1)c2NC. The van der Waals surface area contributed by atoms with Gasteiger partial charge >= 0.3 is 0 Å². The summed E-state index contributed by atoms with van der Waals surface area (Å²) < 4.78 is 1.90. The van der Waals surface area contributed by atoms with Crippen LogP contribution in [-0.2, 0) is 12.8 Å². The second-order valence-corrected chi connectivity index (χ2v) is 6.92. The highest BCUT2D eigenvalue weighted by Crippen LogP contribution is 2.34. The van der Waals surface area contributed by atoms with E-state index in [4.69, 9.17) is 4.98 Å². The summed E-state index contributed by atoms with van der Waals surface area (Å²) in [5, 5.41) is 9.09. The van der Waals surface area contributed by atoms with Crippen LogP contribution in [0.5, 0.6) is 0 Å². The second kappa shape index (κ2) is 6.60. The monoisotopic (exact) mass is 367 g/mol. The summed E-state index contributed by atoms with van der Waals surface area (Å²) in [5.74, 6) is 0. The van der Waals surface area contributed by atoms with E-state index in [0.29, 0.717) is 0 Å². The number of hydrogen-bond acceptors (Lipinski definition) is 4. The zero-order valence-electron chi connectivity index (χ0n) is 16.0. The van der Waals surface area contributed by atoms with E-state index in [9.17, 15) is 0 Å². The minimum absolute atomic E-state index is 0.842. The maximum absolute atomic E-state index is 5.10. The lowest BCUT2D eigenvalue weighted by atomic mass is 10.0. The van der Waals surface area contributed by atoms with Crippen molar-refractivity contribution in [1.29, 1.82) is 0 Å². The third-order valence-electron chi connectivity index (χ3n) is 5.43. The Kier molecular flexibility index (Phi) is 3.93. The smallest absolute Gasteiger partial charge is 0.165 e. The van der Waals surface area contributed by atoms with Crippen LogP contribution in [0, 0.1) is 0 Å². The molecule has 0 aliphatic heterocycles. The van der Waals surface area contributed by atoms with Crippen LogP contribution in [-0.4, -0.2) is 34.6 Å². The Morgan fingerprint density at radius 3 is 2.57 bits per heavy atom. The zero-order chi connectivity index (χ0) is 19.1. The lowest BCUT2D eigenvalue weighted by Crippen LogP contribution is -2.12. The van der Waals surface area contributed by atoms with Gasteiger partial charge in [0.25, 0.3) is 0 Å². The van der Waals surface area contributed by atoms with Gasteiger partial charge in [-0.05, 0) is 30.5 Å². The summed E-state index contributed by atoms with van der Waals surface area (Å²) >= 11 is 0. The summed E-state index contributed by atoms with van der Waals surface area (Å²) in [6, 6.07) is 18.6. The number of aryl methyl sites for hydroxylation is 1. The van der Waals surface area contributed by atoms with Gasteiger partial charge in [-0.3, -0.25) is 4.99 Å². The van der Waals surface area contributed by atoms with E-state index in [1.807, 2.05) is 55.3 Å². The molecule has 5 rings (SSSR count). The van der Waals surface area contributed by atoms with Crippen LogP contribution in [0.4, 0.5) is 5.69 Å². The maximum atomic E-state index is 5.10. The van der Waals surface area contributed by atoms with Crippen LogP contribution in [0.15, 0.2) is 65.8 Å². The molecule has 0 fully saturated rings. The third kappa shape index (κ3) is 2.43. The van der Waals surface area contributed by atoms with Gasteiger partial charge in [-0.1, -0.05) is 42.5 Å². The standard InChI is InChI=1S/C23H21N5/c1-24-20-18-13-12-15-8-6-7-11-17(15)21(25-2)22(18)27-23-19(20)14-26-28(23)16-9-4-3-5-10-16/h3-11,14H,12-13H2,1-2H3,(H,24,27). The van der Waals surface area contributed by atoms with E-state index in [-0.39, 0.29) is 0 Å². The molecular weight excluding hydrogens is 346 g/mol. The minimum Gasteiger partial charge on any atom is -0.387 e. The average Bonchev–Trinajstić information content (AvgIpc) is 3.10. The summed E-state index contributed by atoms with van der Waals surface area (Å²) in [4.78, 5) is 9.76. The molecule has 2 heterocycles. The highest BCUT2D eigenvalue weighted by atomic mass is 15.3. The number of para-hydroxylation sites is 1. The molecule has 0 unspecified atom stereocenters. The zero-order valence-corrected chi connectivity index (χ0v) is 16.0. The van der Waals surface area contributed by atoms with Crippen molar-refractivity contribution in [1.82, 2.24) is 14.8 Å². The topological polar surface area (TPSA) is 55.1 Å². The number of aromatic nitrogens is 3. The Morgan fingerprint density at radius 2 is 1.79 bits per heavy atom. The lowest BCUT2D eigenvalue weighted by molar-refractivity contribution is 0.894. The number of aliphatic imine (C=N–C) groups is 1. The molecule has 0 amide bonds. The van der Waals surface area contributed by atoms with Crippen LogP contribution < -0.4 is 5.32 Å². The molecule has 0 saturated heterocycles. The Balaban J connectivity index is 1.83. The number of nitrogens with one attached hydrogen (secondary N) is 1. The fourth-order valence-corrected chi connectivity index (χ4v) is 4.15. The molecule has 1 aliphatic rings. The predicted octanol–water partition coefficient (Wildman–Crippen LogP) is 4.03. The van der Waals surface area contributed by atoms with Gasteiger partial charge in [0.05, 0.1) is 34.4 Å². The summed E-state index contributed by atoms with van der Waals surface area (Å²) in [6.07, 6.45) is 3.79. The van der Waals surface area contributed by atoms with Crippen molar-refractivity contribution in [2.45, 2.75) is 12.8 Å². The molecule has 0 spiro atoms. The van der Waals surface area contributed by atoms with Crippen LogP contribution >= 0.6 is 0 Å². The molecule has 1 N–H and O–H groups in total. The lowest BCUT2D eigenvalue weighted by Gasteiger charge is -2.15. The van der Waals surface area contributed by atoms with Crippen molar-refractivity contribution in [3.63, 3.8) is 0 Å². The molecular formula is C23H21N5. The van der Waals surface area contributed by atoms with Crippen LogP contribution in [0.3, 0.4) is 0 Å². The first-order chi connectivity index (χ1) is 13.8. The molecule has 2 aromatic carbocycles. The number of nitrogens with zero attached hydrogens (tertiary/aromatic N) is 4. The van der Waals surface area contributed by atoms with Gasteiger partial charge in [-0.25, -0.2) is 9.67 Å². The summed E-state index contributed by atoms with van der Waals surface area (Å²) in [6.45, 7) is 0. The quantitative estimate of drug-likeness (QED) is 0.582. The molecule has 5 nitrogen and oxygen atoms in total. The van der Waals surface area contributed by atoms with Crippen molar-refractivity contribution in [3.05, 3.63) is 83.2 Å². The van der Waals surface area contributed by atoms with E-state index < -0.39 is 0 Å². The molecule has 5 heteroatoms. The largest absolute Gasteiger partial charge is 0.387 e. The predicted molar refractivity (Wildman–Crippen MR) is 114 cm³/mol. The molecule has 0 bridgehead atoms. The Morgan fingerprint density at radius 1 is 1.00 bits per heavy atom. The van der Waals surface area contributed by atoms with Crippen molar-refractivity contribution >= 4 is 22.4 Å². The first-order valence-corrected chi connectivity index (χ1v) is 9.51. The van der Waals surface area contributed by atoms with Gasteiger partial charge < -0.3 is 5.32 Å². The molecule has 0 saturated carbocycles. The highest BCUT2D eigenvalue weighted by Gasteiger charge is 2.25. The minimum atomic E-state index is 0.842. The second-order valence-electron chi connectivity index (χ2n) is 6.92. The van der Waals surface area contributed by atoms with Crippen LogP contribution in [0.2, 0.25) is 0 Å². The average molecular weight is 367 g/mol. The normalized spacial score (nSPS) is 14.6. The van der Waals surface area contributed by atoms with E-state index in [2.05, 4.69) is 39.7 Å². The van der Waals surface area contributed by atoms with Crippen LogP contribution in [0.25, 0.3) is 16.7 Å². The first kappa shape index (κ1) is 16.7. The van der Waals surface area contributed by atoms with Gasteiger partial charge in [-0.15, -0.1) is 0 Å². The molecule has 138 valence electrons. The Hall–Kier alpha value is -3.47. The van der Waals surface area contributed by atoms with E-state index in [0.717, 1.165) is 46.7 Å².